The average Bonchev–Trinajstić information content (AvgIpc) is 2.91. The summed E-state index contributed by atoms with van der Waals surface area (Å²) in [6, 6.07) is 6.40. The van der Waals surface area contributed by atoms with Crippen molar-refractivity contribution in [2.45, 2.75) is 23.8 Å². The van der Waals surface area contributed by atoms with Crippen LogP contribution in [-0.2, 0) is 14.8 Å². The Morgan fingerprint density at radius 1 is 1.40 bits per heavy atom. The molecule has 20 heavy (non-hydrogen) atoms. The van der Waals surface area contributed by atoms with Crippen LogP contribution in [0.5, 0.6) is 0 Å². The van der Waals surface area contributed by atoms with E-state index in [9.17, 15) is 8.42 Å². The standard InChI is InChI=1S/C14H17NO4S/c16-9-4-3-6-12-5-1-2-7-14(12)20(17,18)15-13-8-10-19-11-13/h1-2,5,7,13,15-16H,4,8-11H2. The van der Waals surface area contributed by atoms with Crippen LogP contribution in [0.25, 0.3) is 0 Å². The quantitative estimate of drug-likeness (QED) is 0.793. The van der Waals surface area contributed by atoms with E-state index in [0.717, 1.165) is 0 Å². The summed E-state index contributed by atoms with van der Waals surface area (Å²) in [5.74, 6) is 5.53. The summed E-state index contributed by atoms with van der Waals surface area (Å²) in [6.07, 6.45) is 0.996. The van der Waals surface area contributed by atoms with Crippen molar-refractivity contribution >= 4 is 10.0 Å². The van der Waals surface area contributed by atoms with Gasteiger partial charge in [-0.2, -0.15) is 0 Å². The molecule has 1 heterocycles. The molecule has 108 valence electrons. The van der Waals surface area contributed by atoms with E-state index < -0.39 is 10.0 Å². The molecule has 0 radical (unpaired) electrons. The molecule has 2 rings (SSSR count). The molecule has 1 aromatic carbocycles. The Morgan fingerprint density at radius 3 is 2.90 bits per heavy atom. The van der Waals surface area contributed by atoms with Crippen LogP contribution in [0.2, 0.25) is 0 Å². The summed E-state index contributed by atoms with van der Waals surface area (Å²) in [5, 5.41) is 8.72. The smallest absolute Gasteiger partial charge is 0.242 e. The van der Waals surface area contributed by atoms with Gasteiger partial charge in [0.05, 0.1) is 18.1 Å². The Balaban J connectivity index is 2.24. The van der Waals surface area contributed by atoms with Crippen molar-refractivity contribution in [2.24, 2.45) is 0 Å². The van der Waals surface area contributed by atoms with Crippen molar-refractivity contribution in [2.75, 3.05) is 19.8 Å². The molecule has 1 atom stereocenters. The number of benzene rings is 1. The van der Waals surface area contributed by atoms with Crippen molar-refractivity contribution in [3.63, 3.8) is 0 Å². The summed E-state index contributed by atoms with van der Waals surface area (Å²) in [4.78, 5) is 0.164. The van der Waals surface area contributed by atoms with Crippen LogP contribution in [0.4, 0.5) is 0 Å². The third-order valence-corrected chi connectivity index (χ3v) is 4.47. The zero-order valence-electron chi connectivity index (χ0n) is 11.0. The zero-order chi connectivity index (χ0) is 14.4. The minimum absolute atomic E-state index is 0.0421. The van der Waals surface area contributed by atoms with Crippen molar-refractivity contribution in [3.05, 3.63) is 29.8 Å². The van der Waals surface area contributed by atoms with Gasteiger partial charge in [0, 0.05) is 24.6 Å². The zero-order valence-corrected chi connectivity index (χ0v) is 11.8. The van der Waals surface area contributed by atoms with Crippen molar-refractivity contribution in [1.82, 2.24) is 4.72 Å². The van der Waals surface area contributed by atoms with E-state index in [4.69, 9.17) is 9.84 Å². The molecule has 0 spiro atoms. The van der Waals surface area contributed by atoms with E-state index in [0.29, 0.717) is 31.6 Å². The van der Waals surface area contributed by atoms with E-state index in [1.807, 2.05) is 0 Å². The second kappa shape index (κ2) is 6.86. The Bertz CT molecular complexity index is 610. The van der Waals surface area contributed by atoms with Gasteiger partial charge in [-0.15, -0.1) is 0 Å². The van der Waals surface area contributed by atoms with E-state index in [-0.39, 0.29) is 17.5 Å². The number of sulfonamides is 1. The Labute approximate surface area is 119 Å². The highest BCUT2D eigenvalue weighted by molar-refractivity contribution is 7.89. The number of aliphatic hydroxyl groups excluding tert-OH is 1. The molecule has 0 aliphatic carbocycles. The first kappa shape index (κ1) is 15.0. The monoisotopic (exact) mass is 295 g/mol. The molecule has 6 heteroatoms. The molecule has 5 nitrogen and oxygen atoms in total. The number of rotatable bonds is 4. The normalized spacial score (nSPS) is 18.6. The largest absolute Gasteiger partial charge is 0.395 e. The van der Waals surface area contributed by atoms with Crippen molar-refractivity contribution < 1.29 is 18.3 Å². The summed E-state index contributed by atoms with van der Waals surface area (Å²) >= 11 is 0. The molecule has 1 aliphatic rings. The molecule has 1 aliphatic heterocycles. The SMILES string of the molecule is O=S(=O)(NC1CCOC1)c1ccccc1C#CCCO. The molecule has 0 aromatic heterocycles. The molecular formula is C14H17NO4S. The highest BCUT2D eigenvalue weighted by Crippen LogP contribution is 2.16. The third kappa shape index (κ3) is 3.81. The minimum atomic E-state index is -3.61. The lowest BCUT2D eigenvalue weighted by Crippen LogP contribution is -2.35. The average molecular weight is 295 g/mol. The van der Waals surface area contributed by atoms with Crippen LogP contribution in [-0.4, -0.2) is 39.4 Å². The first-order chi connectivity index (χ1) is 9.63. The van der Waals surface area contributed by atoms with Crippen LogP contribution < -0.4 is 4.72 Å². The van der Waals surface area contributed by atoms with Gasteiger partial charge >= 0.3 is 0 Å². The Kier molecular flexibility index (Phi) is 5.15. The Hall–Kier alpha value is -1.39. The van der Waals surface area contributed by atoms with Gasteiger partial charge in [0.1, 0.15) is 0 Å². The lowest BCUT2D eigenvalue weighted by Gasteiger charge is -2.12. The number of nitrogens with one attached hydrogen (secondary N) is 1. The van der Waals surface area contributed by atoms with E-state index in [1.165, 1.54) is 6.07 Å². The third-order valence-electron chi connectivity index (χ3n) is 2.89. The number of ether oxygens (including phenoxy) is 1. The fraction of sp³-hybridized carbons (Fsp3) is 0.429. The van der Waals surface area contributed by atoms with E-state index in [1.54, 1.807) is 18.2 Å². The molecule has 0 amide bonds. The van der Waals surface area contributed by atoms with Gasteiger partial charge in [-0.3, -0.25) is 0 Å². The maximum absolute atomic E-state index is 12.4. The van der Waals surface area contributed by atoms with Crippen LogP contribution in [0.3, 0.4) is 0 Å². The maximum atomic E-state index is 12.4. The maximum Gasteiger partial charge on any atom is 0.242 e. The van der Waals surface area contributed by atoms with Gasteiger partial charge in [0.15, 0.2) is 0 Å². The highest BCUT2D eigenvalue weighted by Gasteiger charge is 2.24. The molecule has 1 fully saturated rings. The fourth-order valence-electron chi connectivity index (χ4n) is 1.93. The highest BCUT2D eigenvalue weighted by atomic mass is 32.2. The van der Waals surface area contributed by atoms with Gasteiger partial charge in [-0.1, -0.05) is 24.0 Å². The lowest BCUT2D eigenvalue weighted by molar-refractivity contribution is 0.192. The second-order valence-corrected chi connectivity index (χ2v) is 6.14. The summed E-state index contributed by atoms with van der Waals surface area (Å²) in [5.41, 5.74) is 0.437. The topological polar surface area (TPSA) is 75.6 Å². The molecular weight excluding hydrogens is 278 g/mol. The van der Waals surface area contributed by atoms with Crippen molar-refractivity contribution in [1.29, 1.82) is 0 Å². The van der Waals surface area contributed by atoms with Gasteiger partial charge in [0.25, 0.3) is 0 Å². The van der Waals surface area contributed by atoms with Gasteiger partial charge in [0.2, 0.25) is 10.0 Å². The first-order valence-corrected chi connectivity index (χ1v) is 7.90. The van der Waals surface area contributed by atoms with E-state index >= 15 is 0 Å². The van der Waals surface area contributed by atoms with Gasteiger partial charge in [-0.25, -0.2) is 13.1 Å². The second-order valence-electron chi connectivity index (χ2n) is 4.45. The molecule has 1 aromatic rings. The predicted octanol–water partition coefficient (Wildman–Crippen LogP) is 0.488. The number of aliphatic hydroxyl groups is 1. The Morgan fingerprint density at radius 2 is 2.20 bits per heavy atom. The molecule has 0 saturated carbocycles. The van der Waals surface area contributed by atoms with Crippen LogP contribution in [0, 0.1) is 11.8 Å². The van der Waals surface area contributed by atoms with Crippen LogP contribution in [0.15, 0.2) is 29.2 Å². The predicted molar refractivity (Wildman–Crippen MR) is 74.6 cm³/mol. The van der Waals surface area contributed by atoms with E-state index in [2.05, 4.69) is 16.6 Å². The number of hydrogen-bond donors (Lipinski definition) is 2. The first-order valence-electron chi connectivity index (χ1n) is 6.42. The molecule has 2 N–H and O–H groups in total. The molecule has 1 unspecified atom stereocenters. The summed E-state index contributed by atoms with van der Waals surface area (Å²) in [7, 11) is -3.61. The lowest BCUT2D eigenvalue weighted by atomic mass is 10.2. The van der Waals surface area contributed by atoms with Gasteiger partial charge < -0.3 is 9.84 Å². The number of hydrogen-bond acceptors (Lipinski definition) is 4. The summed E-state index contributed by atoms with van der Waals surface area (Å²) < 4.78 is 32.5. The fourth-order valence-corrected chi connectivity index (χ4v) is 3.35. The minimum Gasteiger partial charge on any atom is -0.395 e. The van der Waals surface area contributed by atoms with Crippen molar-refractivity contribution in [3.8, 4) is 11.8 Å². The van der Waals surface area contributed by atoms with Crippen LogP contribution in [0.1, 0.15) is 18.4 Å². The summed E-state index contributed by atoms with van der Waals surface area (Å²) in [6.45, 7) is 0.933. The molecule has 0 bridgehead atoms. The molecule has 1 saturated heterocycles. The van der Waals surface area contributed by atoms with Crippen LogP contribution >= 0.6 is 0 Å². The van der Waals surface area contributed by atoms with Gasteiger partial charge in [-0.05, 0) is 18.6 Å².